The molecule has 3 rings (SSSR count). The van der Waals surface area contributed by atoms with E-state index in [9.17, 15) is 34.7 Å². The zero-order valence-corrected chi connectivity index (χ0v) is 17.7. The van der Waals surface area contributed by atoms with Crippen molar-refractivity contribution in [1.82, 2.24) is 19.5 Å². The first kappa shape index (κ1) is 24.6. The highest BCUT2D eigenvalue weighted by molar-refractivity contribution is 7.47. The van der Waals surface area contributed by atoms with Crippen LogP contribution in [0.3, 0.4) is 0 Å². The number of anilines is 1. The molecule has 2 aromatic heterocycles. The molecule has 0 amide bonds. The van der Waals surface area contributed by atoms with E-state index in [1.807, 2.05) is 0 Å². The van der Waals surface area contributed by atoms with Crippen LogP contribution >= 0.6 is 7.82 Å². The molecule has 1 fully saturated rings. The van der Waals surface area contributed by atoms with E-state index in [4.69, 9.17) is 19.5 Å². The fourth-order valence-corrected chi connectivity index (χ4v) is 4.09. The molecule has 0 saturated carbocycles. The van der Waals surface area contributed by atoms with Crippen LogP contribution in [0.5, 0.6) is 0 Å². The lowest BCUT2D eigenvalue weighted by molar-refractivity contribution is -0.132. The Bertz CT molecular complexity index is 991. The van der Waals surface area contributed by atoms with Gasteiger partial charge in [-0.05, 0) is 6.92 Å². The number of hydrogen-bond acceptors (Lipinski definition) is 13. The zero-order valence-electron chi connectivity index (χ0n) is 16.8. The van der Waals surface area contributed by atoms with Crippen molar-refractivity contribution in [3.63, 3.8) is 0 Å². The molecule has 0 radical (unpaired) electrons. The van der Waals surface area contributed by atoms with Crippen LogP contribution in [0.15, 0.2) is 12.7 Å². The SMILES string of the molecule is C[C@@H](OP(=O)(O)OC[C@H]1O[C@@H](n2cnc3c(N)ncnc32)CC1O)[C@@H](O)[C@H](O)[C@H](O)C=O. The molecule has 1 aliphatic rings. The number of imidazole rings is 1. The van der Waals surface area contributed by atoms with Gasteiger partial charge in [-0.1, -0.05) is 0 Å². The van der Waals surface area contributed by atoms with Gasteiger partial charge in [0.25, 0.3) is 0 Å². The number of fused-ring (bicyclic) bond motifs is 1. The summed E-state index contributed by atoms with van der Waals surface area (Å²) in [7, 11) is -4.77. The number of nitrogen functional groups attached to an aromatic ring is 1. The van der Waals surface area contributed by atoms with Crippen molar-refractivity contribution < 1.29 is 48.5 Å². The van der Waals surface area contributed by atoms with Gasteiger partial charge in [-0.25, -0.2) is 19.5 Å². The molecular weight excluding hydrogens is 453 g/mol. The summed E-state index contributed by atoms with van der Waals surface area (Å²) in [6.07, 6.45) is -7.22. The van der Waals surface area contributed by atoms with Crippen molar-refractivity contribution in [2.45, 2.75) is 56.2 Å². The summed E-state index contributed by atoms with van der Waals surface area (Å²) < 4.78 is 29.0. The first-order valence-electron chi connectivity index (χ1n) is 9.45. The molecule has 8 atom stereocenters. The maximum Gasteiger partial charge on any atom is 0.472 e. The maximum atomic E-state index is 12.2. The smallest absolute Gasteiger partial charge is 0.390 e. The van der Waals surface area contributed by atoms with Gasteiger partial charge in [0.1, 0.15) is 42.5 Å². The quantitative estimate of drug-likeness (QED) is 0.158. The Labute approximate surface area is 181 Å². The summed E-state index contributed by atoms with van der Waals surface area (Å²) in [5.74, 6) is 0.174. The molecule has 2 aromatic rings. The Morgan fingerprint density at radius 2 is 2.06 bits per heavy atom. The van der Waals surface area contributed by atoms with Crippen LogP contribution in [0.25, 0.3) is 11.2 Å². The second kappa shape index (κ2) is 9.82. The third-order valence-corrected chi connectivity index (χ3v) is 6.00. The molecule has 0 aliphatic carbocycles. The molecule has 15 nitrogen and oxygen atoms in total. The zero-order chi connectivity index (χ0) is 23.6. The van der Waals surface area contributed by atoms with E-state index < -0.39 is 57.3 Å². The molecule has 2 unspecified atom stereocenters. The number of hydrogen-bond donors (Lipinski definition) is 6. The van der Waals surface area contributed by atoms with Crippen molar-refractivity contribution >= 4 is 31.1 Å². The predicted molar refractivity (Wildman–Crippen MR) is 105 cm³/mol. The molecule has 32 heavy (non-hydrogen) atoms. The number of carbonyl (C=O) groups excluding carboxylic acids is 1. The van der Waals surface area contributed by atoms with E-state index >= 15 is 0 Å². The molecule has 16 heteroatoms. The largest absolute Gasteiger partial charge is 0.472 e. The highest BCUT2D eigenvalue weighted by Crippen LogP contribution is 2.46. The third kappa shape index (κ3) is 5.28. The Balaban J connectivity index is 1.58. The number of aromatic nitrogens is 4. The van der Waals surface area contributed by atoms with Crippen LogP contribution in [0, 0.1) is 0 Å². The van der Waals surface area contributed by atoms with Gasteiger partial charge < -0.3 is 40.6 Å². The second-order valence-corrected chi connectivity index (χ2v) is 8.60. The average molecular weight is 477 g/mol. The normalized spacial score (nSPS) is 27.0. The van der Waals surface area contributed by atoms with Gasteiger partial charge in [0.15, 0.2) is 17.8 Å². The van der Waals surface area contributed by atoms with E-state index in [0.29, 0.717) is 11.2 Å². The van der Waals surface area contributed by atoms with Crippen molar-refractivity contribution in [3.05, 3.63) is 12.7 Å². The van der Waals surface area contributed by atoms with Gasteiger partial charge in [-0.2, -0.15) is 0 Å². The van der Waals surface area contributed by atoms with Gasteiger partial charge >= 0.3 is 7.82 Å². The first-order chi connectivity index (χ1) is 15.0. The number of aldehydes is 1. The number of aliphatic hydroxyl groups excluding tert-OH is 4. The van der Waals surface area contributed by atoms with Crippen LogP contribution < -0.4 is 5.73 Å². The van der Waals surface area contributed by atoms with Crippen LogP contribution in [0.4, 0.5) is 5.82 Å². The first-order valence-corrected chi connectivity index (χ1v) is 11.0. The number of nitrogens with two attached hydrogens (primary N) is 1. The average Bonchev–Trinajstić information content (AvgIpc) is 3.34. The third-order valence-electron chi connectivity index (χ3n) is 4.92. The summed E-state index contributed by atoms with van der Waals surface area (Å²) in [5, 5.41) is 39.0. The molecule has 7 N–H and O–H groups in total. The van der Waals surface area contributed by atoms with Gasteiger partial charge in [-0.3, -0.25) is 13.6 Å². The summed E-state index contributed by atoms with van der Waals surface area (Å²) >= 11 is 0. The number of aliphatic hydroxyl groups is 4. The standard InChI is InChI=1S/C16H24N5O10P/c1-7(13(25)14(26)9(24)3-22)31-32(27,28)29-4-10-8(23)2-11(30-10)21-6-20-12-15(17)18-5-19-16(12)21/h3,5-11,13-14,23-26H,2,4H2,1H3,(H,27,28)(H2,17,18,19)/t7-,8?,9-,10-,11-,13-,14-/m1/s1. The van der Waals surface area contributed by atoms with Gasteiger partial charge in [0.2, 0.25) is 0 Å². The Morgan fingerprint density at radius 3 is 2.75 bits per heavy atom. The molecule has 0 spiro atoms. The van der Waals surface area contributed by atoms with E-state index in [1.165, 1.54) is 17.2 Å². The lowest BCUT2D eigenvalue weighted by atomic mass is 10.1. The molecule has 1 aliphatic heterocycles. The molecule has 0 bridgehead atoms. The van der Waals surface area contributed by atoms with Crippen molar-refractivity contribution in [2.75, 3.05) is 12.3 Å². The van der Waals surface area contributed by atoms with Crippen molar-refractivity contribution in [2.24, 2.45) is 0 Å². The van der Waals surface area contributed by atoms with Gasteiger partial charge in [0, 0.05) is 6.42 Å². The van der Waals surface area contributed by atoms with Crippen LogP contribution in [0.1, 0.15) is 19.6 Å². The number of carbonyl (C=O) groups is 1. The molecular formula is C16H24N5O10P. The minimum atomic E-state index is -4.77. The summed E-state index contributed by atoms with van der Waals surface area (Å²) in [6, 6.07) is 0. The van der Waals surface area contributed by atoms with E-state index in [-0.39, 0.29) is 18.5 Å². The van der Waals surface area contributed by atoms with E-state index in [1.54, 1.807) is 0 Å². The monoisotopic (exact) mass is 477 g/mol. The Kier molecular flexibility index (Phi) is 7.54. The summed E-state index contributed by atoms with van der Waals surface area (Å²) in [5.41, 5.74) is 6.48. The van der Waals surface area contributed by atoms with Gasteiger partial charge in [-0.15, -0.1) is 0 Å². The Morgan fingerprint density at radius 1 is 1.34 bits per heavy atom. The topological polar surface area (TPSA) is 233 Å². The van der Waals surface area contributed by atoms with Gasteiger partial charge in [0.05, 0.1) is 25.1 Å². The van der Waals surface area contributed by atoms with Crippen LogP contribution in [-0.2, 0) is 23.1 Å². The fourth-order valence-electron chi connectivity index (χ4n) is 3.15. The molecule has 0 aromatic carbocycles. The highest BCUT2D eigenvalue weighted by atomic mass is 31.2. The van der Waals surface area contributed by atoms with Crippen LogP contribution in [0.2, 0.25) is 0 Å². The number of nitrogens with zero attached hydrogens (tertiary/aromatic N) is 4. The number of phosphoric acid groups is 1. The summed E-state index contributed by atoms with van der Waals surface area (Å²) in [4.78, 5) is 32.4. The lowest BCUT2D eigenvalue weighted by Gasteiger charge is -2.26. The van der Waals surface area contributed by atoms with E-state index in [2.05, 4.69) is 15.0 Å². The number of rotatable bonds is 10. The Hall–Kier alpha value is -2.07. The molecule has 3 heterocycles. The minimum absolute atomic E-state index is 0.00523. The second-order valence-electron chi connectivity index (χ2n) is 7.20. The van der Waals surface area contributed by atoms with Crippen molar-refractivity contribution in [3.8, 4) is 0 Å². The molecule has 178 valence electrons. The fraction of sp³-hybridized carbons (Fsp3) is 0.625. The van der Waals surface area contributed by atoms with Crippen LogP contribution in [-0.4, -0.2) is 94.4 Å². The molecule has 1 saturated heterocycles. The number of phosphoric ester groups is 1. The highest BCUT2D eigenvalue weighted by Gasteiger charge is 2.39. The maximum absolute atomic E-state index is 12.2. The van der Waals surface area contributed by atoms with Crippen molar-refractivity contribution in [1.29, 1.82) is 0 Å². The lowest BCUT2D eigenvalue weighted by Crippen LogP contribution is -2.44. The minimum Gasteiger partial charge on any atom is -0.390 e. The predicted octanol–water partition coefficient (Wildman–Crippen LogP) is -2.14. The number of ether oxygens (including phenoxy) is 1. The summed E-state index contributed by atoms with van der Waals surface area (Å²) in [6.45, 7) is 0.587. The van der Waals surface area contributed by atoms with E-state index in [0.717, 1.165) is 6.92 Å².